The minimum atomic E-state index is -3.29. The van der Waals surface area contributed by atoms with Crippen molar-refractivity contribution in [1.29, 1.82) is 0 Å². The molecule has 0 atom stereocenters. The average Bonchev–Trinajstić information content (AvgIpc) is 3.03. The van der Waals surface area contributed by atoms with Gasteiger partial charge in [0.2, 0.25) is 5.91 Å². The second kappa shape index (κ2) is 7.77. The largest absolute Gasteiger partial charge is 0.378 e. The molecule has 9 nitrogen and oxygen atoms in total. The molecule has 3 heterocycles. The highest BCUT2D eigenvalue weighted by atomic mass is 32.2. The van der Waals surface area contributed by atoms with Crippen molar-refractivity contribution < 1.29 is 22.7 Å². The van der Waals surface area contributed by atoms with Crippen LogP contribution >= 0.6 is 0 Å². The van der Waals surface area contributed by atoms with E-state index in [9.17, 15) is 18.0 Å². The third kappa shape index (κ3) is 4.19. The van der Waals surface area contributed by atoms with Gasteiger partial charge in [0.15, 0.2) is 21.4 Å². The van der Waals surface area contributed by atoms with Crippen LogP contribution in [0.1, 0.15) is 23.0 Å². The minimum Gasteiger partial charge on any atom is -0.378 e. The van der Waals surface area contributed by atoms with Gasteiger partial charge in [-0.15, -0.1) is 0 Å². The van der Waals surface area contributed by atoms with Crippen LogP contribution in [0.25, 0.3) is 11.4 Å². The number of rotatable bonds is 4. The normalized spacial score (nSPS) is 16.7. The molecule has 30 heavy (non-hydrogen) atoms. The number of morpholine rings is 1. The number of aromatic nitrogens is 2. The molecule has 4 rings (SSSR count). The van der Waals surface area contributed by atoms with E-state index in [0.717, 1.165) is 6.26 Å². The van der Waals surface area contributed by atoms with Crippen LogP contribution in [0, 0.1) is 0 Å². The number of fused-ring (bicyclic) bond motifs is 1. The summed E-state index contributed by atoms with van der Waals surface area (Å²) in [6.45, 7) is 3.85. The van der Waals surface area contributed by atoms with Crippen LogP contribution in [0.2, 0.25) is 0 Å². The van der Waals surface area contributed by atoms with Crippen molar-refractivity contribution >= 4 is 33.0 Å². The maximum absolute atomic E-state index is 12.4. The van der Waals surface area contributed by atoms with E-state index in [1.807, 2.05) is 4.90 Å². The molecule has 0 spiro atoms. The molecule has 1 aromatic carbocycles. The van der Waals surface area contributed by atoms with Crippen molar-refractivity contribution in [3.8, 4) is 11.4 Å². The number of carbonyl (C=O) groups excluding carboxylic acids is 2. The average molecular weight is 430 g/mol. The van der Waals surface area contributed by atoms with E-state index in [-0.39, 0.29) is 24.0 Å². The van der Waals surface area contributed by atoms with Crippen LogP contribution in [0.3, 0.4) is 0 Å². The number of ether oxygens (including phenoxy) is 1. The van der Waals surface area contributed by atoms with Gasteiger partial charge in [0.1, 0.15) is 5.82 Å². The van der Waals surface area contributed by atoms with Crippen LogP contribution in [-0.2, 0) is 25.1 Å². The molecule has 2 aliphatic heterocycles. The first kappa shape index (κ1) is 20.4. The molecule has 0 bridgehead atoms. The van der Waals surface area contributed by atoms with E-state index < -0.39 is 9.84 Å². The summed E-state index contributed by atoms with van der Waals surface area (Å²) in [5.74, 6) is 0.411. The fourth-order valence-corrected chi connectivity index (χ4v) is 4.32. The molecule has 1 aromatic heterocycles. The molecule has 1 saturated heterocycles. The van der Waals surface area contributed by atoms with Crippen LogP contribution in [0.5, 0.6) is 0 Å². The Balaban J connectivity index is 1.78. The van der Waals surface area contributed by atoms with E-state index in [4.69, 9.17) is 4.74 Å². The molecule has 0 unspecified atom stereocenters. The molecule has 0 saturated carbocycles. The number of hydrogen-bond acceptors (Lipinski definition) is 8. The third-order valence-corrected chi connectivity index (χ3v) is 5.86. The smallest absolute Gasteiger partial charge is 0.224 e. The predicted molar refractivity (Wildman–Crippen MR) is 111 cm³/mol. The van der Waals surface area contributed by atoms with Gasteiger partial charge < -0.3 is 14.5 Å². The van der Waals surface area contributed by atoms with Gasteiger partial charge in [-0.1, -0.05) is 0 Å². The second-order valence-corrected chi connectivity index (χ2v) is 9.61. The molecule has 2 aliphatic rings. The SMILES string of the molecule is CC(=O)N1CC(=O)c2cc(-c3nc(CS(C)(=O)=O)cc(N4CCOCC4)n3)ccc21. The lowest BCUT2D eigenvalue weighted by Gasteiger charge is -2.28. The van der Waals surface area contributed by atoms with Crippen LogP contribution in [-0.4, -0.2) is 69.2 Å². The summed E-state index contributed by atoms with van der Waals surface area (Å²) in [7, 11) is -3.29. The fraction of sp³-hybridized carbons (Fsp3) is 0.400. The quantitative estimate of drug-likeness (QED) is 0.709. The minimum absolute atomic E-state index is 0.0160. The van der Waals surface area contributed by atoms with E-state index in [1.165, 1.54) is 11.8 Å². The van der Waals surface area contributed by atoms with Crippen LogP contribution < -0.4 is 9.80 Å². The summed E-state index contributed by atoms with van der Waals surface area (Å²) in [5, 5.41) is 0. The van der Waals surface area contributed by atoms with Gasteiger partial charge in [-0.25, -0.2) is 18.4 Å². The molecule has 10 heteroatoms. The highest BCUT2D eigenvalue weighted by Crippen LogP contribution is 2.32. The van der Waals surface area contributed by atoms with Crippen molar-refractivity contribution in [3.63, 3.8) is 0 Å². The number of hydrogen-bond donors (Lipinski definition) is 0. The van der Waals surface area contributed by atoms with Crippen LogP contribution in [0.15, 0.2) is 24.3 Å². The lowest BCUT2D eigenvalue weighted by Crippen LogP contribution is -2.37. The Hall–Kier alpha value is -2.85. The van der Waals surface area contributed by atoms with Gasteiger partial charge in [-0.3, -0.25) is 9.59 Å². The molecular formula is C20H22N4O5S. The van der Waals surface area contributed by atoms with Crippen molar-refractivity contribution in [1.82, 2.24) is 9.97 Å². The Bertz CT molecular complexity index is 1130. The molecule has 1 amide bonds. The van der Waals surface area contributed by atoms with E-state index >= 15 is 0 Å². The Kier molecular flexibility index (Phi) is 5.29. The number of benzene rings is 1. The number of Topliss-reactive ketones (excluding diaryl/α,β-unsaturated/α-hetero) is 1. The number of amides is 1. The van der Waals surface area contributed by atoms with Gasteiger partial charge in [0, 0.05) is 43.5 Å². The monoisotopic (exact) mass is 430 g/mol. The maximum Gasteiger partial charge on any atom is 0.224 e. The molecule has 0 N–H and O–H groups in total. The Labute approximate surface area is 174 Å². The van der Waals surface area contributed by atoms with Gasteiger partial charge in [0.05, 0.1) is 36.9 Å². The van der Waals surface area contributed by atoms with Crippen molar-refractivity contribution in [2.45, 2.75) is 12.7 Å². The van der Waals surface area contributed by atoms with Crippen molar-refractivity contribution in [2.24, 2.45) is 0 Å². The van der Waals surface area contributed by atoms with Crippen molar-refractivity contribution in [2.75, 3.05) is 48.9 Å². The Morgan fingerprint density at radius 3 is 2.57 bits per heavy atom. The topological polar surface area (TPSA) is 110 Å². The Morgan fingerprint density at radius 1 is 1.17 bits per heavy atom. The summed E-state index contributed by atoms with van der Waals surface area (Å²) >= 11 is 0. The Morgan fingerprint density at radius 2 is 1.90 bits per heavy atom. The van der Waals surface area contributed by atoms with Crippen LogP contribution in [0.4, 0.5) is 11.5 Å². The van der Waals surface area contributed by atoms with E-state index in [1.54, 1.807) is 24.3 Å². The highest BCUT2D eigenvalue weighted by Gasteiger charge is 2.29. The zero-order valence-electron chi connectivity index (χ0n) is 16.8. The van der Waals surface area contributed by atoms with Crippen molar-refractivity contribution in [3.05, 3.63) is 35.5 Å². The van der Waals surface area contributed by atoms with Gasteiger partial charge >= 0.3 is 0 Å². The number of nitrogens with zero attached hydrogens (tertiary/aromatic N) is 4. The zero-order chi connectivity index (χ0) is 21.5. The highest BCUT2D eigenvalue weighted by molar-refractivity contribution is 7.89. The predicted octanol–water partition coefficient (Wildman–Crippen LogP) is 1.07. The number of ketones is 1. The molecule has 2 aromatic rings. The third-order valence-electron chi connectivity index (χ3n) is 5.04. The first-order chi connectivity index (χ1) is 14.2. The summed E-state index contributed by atoms with van der Waals surface area (Å²) in [5.41, 5.74) is 1.99. The van der Waals surface area contributed by atoms with Gasteiger partial charge in [0.25, 0.3) is 0 Å². The molecule has 0 radical (unpaired) electrons. The maximum atomic E-state index is 12.4. The molecule has 1 fully saturated rings. The fourth-order valence-electron chi connectivity index (χ4n) is 3.64. The first-order valence-electron chi connectivity index (χ1n) is 9.55. The summed E-state index contributed by atoms with van der Waals surface area (Å²) in [6.07, 6.45) is 1.16. The number of carbonyl (C=O) groups is 2. The number of sulfone groups is 1. The second-order valence-electron chi connectivity index (χ2n) is 7.47. The van der Waals surface area contributed by atoms with E-state index in [2.05, 4.69) is 9.97 Å². The van der Waals surface area contributed by atoms with Gasteiger partial charge in [-0.05, 0) is 18.2 Å². The molecular weight excluding hydrogens is 408 g/mol. The summed E-state index contributed by atoms with van der Waals surface area (Å²) in [6, 6.07) is 6.81. The zero-order valence-corrected chi connectivity index (χ0v) is 17.6. The standard InChI is InChI=1S/C20H22N4O5S/c1-13(25)24-11-18(26)16-9-14(3-4-17(16)24)20-21-15(12-30(2,27)28)10-19(22-20)23-5-7-29-8-6-23/h3-4,9-10H,5-8,11-12H2,1-2H3. The molecule has 158 valence electrons. The van der Waals surface area contributed by atoms with E-state index in [0.29, 0.717) is 60.5 Å². The lowest BCUT2D eigenvalue weighted by atomic mass is 10.1. The lowest BCUT2D eigenvalue weighted by molar-refractivity contribution is -0.116. The summed E-state index contributed by atoms with van der Waals surface area (Å²) in [4.78, 5) is 36.7. The molecule has 0 aliphatic carbocycles. The number of anilines is 2. The summed E-state index contributed by atoms with van der Waals surface area (Å²) < 4.78 is 29.1. The first-order valence-corrected chi connectivity index (χ1v) is 11.6. The van der Waals surface area contributed by atoms with Gasteiger partial charge in [-0.2, -0.15) is 0 Å².